The second-order valence-corrected chi connectivity index (χ2v) is 7.18. The highest BCUT2D eigenvalue weighted by Crippen LogP contribution is 2.33. The third kappa shape index (κ3) is 4.35. The summed E-state index contributed by atoms with van der Waals surface area (Å²) in [7, 11) is 0. The topological polar surface area (TPSA) is 78.5 Å². The van der Waals surface area contributed by atoms with Gasteiger partial charge in [-0.1, -0.05) is 46.9 Å². The molecule has 1 aliphatic rings. The first-order valence-corrected chi connectivity index (χ1v) is 9.10. The van der Waals surface area contributed by atoms with Crippen LogP contribution in [0.1, 0.15) is 16.8 Å². The van der Waals surface area contributed by atoms with E-state index >= 15 is 0 Å². The molecule has 1 heterocycles. The molecule has 1 fully saturated rings. The number of nitrogens with one attached hydrogen (secondary N) is 2. The maximum Gasteiger partial charge on any atom is 0.271 e. The largest absolute Gasteiger partial charge is 0.310 e. The lowest BCUT2D eigenvalue weighted by Gasteiger charge is -2.18. The molecule has 140 valence electrons. The molecule has 1 atom stereocenters. The molecular formula is C18H14Cl3N3O3. The van der Waals surface area contributed by atoms with Gasteiger partial charge in [-0.3, -0.25) is 25.2 Å². The van der Waals surface area contributed by atoms with E-state index in [0.717, 1.165) is 0 Å². The fourth-order valence-electron chi connectivity index (χ4n) is 2.74. The molecule has 0 aliphatic carbocycles. The zero-order chi connectivity index (χ0) is 19.6. The van der Waals surface area contributed by atoms with Gasteiger partial charge >= 0.3 is 0 Å². The summed E-state index contributed by atoms with van der Waals surface area (Å²) in [6.45, 7) is 0.132. The van der Waals surface area contributed by atoms with Gasteiger partial charge in [0.2, 0.25) is 11.8 Å². The Hall–Kier alpha value is -2.28. The van der Waals surface area contributed by atoms with Crippen molar-refractivity contribution in [3.8, 4) is 0 Å². The van der Waals surface area contributed by atoms with E-state index in [1.807, 2.05) is 0 Å². The van der Waals surface area contributed by atoms with Crippen LogP contribution < -0.4 is 15.8 Å². The van der Waals surface area contributed by atoms with Crippen molar-refractivity contribution < 1.29 is 14.4 Å². The molecule has 9 heteroatoms. The van der Waals surface area contributed by atoms with Gasteiger partial charge in [0.25, 0.3) is 5.91 Å². The first-order chi connectivity index (χ1) is 12.9. The van der Waals surface area contributed by atoms with Crippen LogP contribution in [-0.2, 0) is 9.59 Å². The summed E-state index contributed by atoms with van der Waals surface area (Å²) < 4.78 is 0. The molecule has 3 rings (SSSR count). The first-order valence-electron chi connectivity index (χ1n) is 7.97. The highest BCUT2D eigenvalue weighted by Gasteiger charge is 2.36. The molecule has 27 heavy (non-hydrogen) atoms. The lowest BCUT2D eigenvalue weighted by Crippen LogP contribution is -2.45. The van der Waals surface area contributed by atoms with Gasteiger partial charge in [-0.2, -0.15) is 0 Å². The highest BCUT2D eigenvalue weighted by molar-refractivity contribution is 6.36. The predicted molar refractivity (Wildman–Crippen MR) is 104 cm³/mol. The summed E-state index contributed by atoms with van der Waals surface area (Å²) in [5, 5.41) is 1.06. The number of hydrazine groups is 1. The maximum absolute atomic E-state index is 12.3. The summed E-state index contributed by atoms with van der Waals surface area (Å²) >= 11 is 18.0. The summed E-state index contributed by atoms with van der Waals surface area (Å²) in [5.74, 6) is -1.92. The Bertz CT molecular complexity index is 920. The zero-order valence-electron chi connectivity index (χ0n) is 13.8. The molecule has 0 bridgehead atoms. The smallest absolute Gasteiger partial charge is 0.271 e. The van der Waals surface area contributed by atoms with Crippen molar-refractivity contribution in [1.29, 1.82) is 0 Å². The molecule has 0 aromatic heterocycles. The Kier molecular flexibility index (Phi) is 5.89. The Morgan fingerprint density at radius 1 is 1.00 bits per heavy atom. The first kappa shape index (κ1) is 19.5. The summed E-state index contributed by atoms with van der Waals surface area (Å²) in [5.41, 5.74) is 5.32. The van der Waals surface area contributed by atoms with Crippen LogP contribution in [0.25, 0.3) is 0 Å². The molecule has 0 spiro atoms. The number of hydrogen-bond acceptors (Lipinski definition) is 3. The molecule has 6 nitrogen and oxygen atoms in total. The van der Waals surface area contributed by atoms with Crippen LogP contribution in [0.3, 0.4) is 0 Å². The zero-order valence-corrected chi connectivity index (χ0v) is 16.1. The SMILES string of the molecule is O=C(NNC(=O)[C@@H]1CC(=O)N(c2cc(Cl)ccc2Cl)C1)c1ccccc1Cl. The van der Waals surface area contributed by atoms with Crippen LogP contribution in [0.15, 0.2) is 42.5 Å². The normalized spacial score (nSPS) is 16.3. The number of anilines is 1. The van der Waals surface area contributed by atoms with E-state index in [1.54, 1.807) is 36.4 Å². The number of hydrogen-bond donors (Lipinski definition) is 2. The molecule has 0 radical (unpaired) electrons. The Balaban J connectivity index is 1.63. The second kappa shape index (κ2) is 8.17. The van der Waals surface area contributed by atoms with Crippen LogP contribution in [-0.4, -0.2) is 24.3 Å². The monoisotopic (exact) mass is 425 g/mol. The van der Waals surface area contributed by atoms with Gasteiger partial charge in [0, 0.05) is 18.0 Å². The minimum absolute atomic E-state index is 0.00333. The van der Waals surface area contributed by atoms with E-state index in [2.05, 4.69) is 10.9 Å². The Morgan fingerprint density at radius 3 is 2.48 bits per heavy atom. The Morgan fingerprint density at radius 2 is 1.74 bits per heavy atom. The van der Waals surface area contributed by atoms with Crippen molar-refractivity contribution in [2.45, 2.75) is 6.42 Å². The van der Waals surface area contributed by atoms with Gasteiger partial charge in [0.05, 0.1) is 27.2 Å². The van der Waals surface area contributed by atoms with Crippen LogP contribution in [0, 0.1) is 5.92 Å². The number of amides is 3. The van der Waals surface area contributed by atoms with E-state index in [9.17, 15) is 14.4 Å². The molecule has 0 saturated carbocycles. The van der Waals surface area contributed by atoms with Crippen LogP contribution in [0.4, 0.5) is 5.69 Å². The quantitative estimate of drug-likeness (QED) is 0.738. The standard InChI is InChI=1S/C18H14Cl3N3O3/c19-11-5-6-14(21)15(8-11)24-9-10(7-16(24)25)17(26)22-23-18(27)12-3-1-2-4-13(12)20/h1-6,8,10H,7,9H2,(H,22,26)(H,23,27)/t10-/m1/s1. The number of carbonyl (C=O) groups is 3. The molecule has 2 aromatic rings. The van der Waals surface area contributed by atoms with E-state index in [-0.39, 0.29) is 29.5 Å². The van der Waals surface area contributed by atoms with Crippen molar-refractivity contribution in [1.82, 2.24) is 10.9 Å². The molecule has 1 saturated heterocycles. The van der Waals surface area contributed by atoms with Crippen molar-refractivity contribution in [2.75, 3.05) is 11.4 Å². The summed E-state index contributed by atoms with van der Waals surface area (Å²) in [4.78, 5) is 38.1. The number of halogens is 3. The van der Waals surface area contributed by atoms with Gasteiger partial charge in [-0.25, -0.2) is 0 Å². The molecular weight excluding hydrogens is 413 g/mol. The molecule has 2 N–H and O–H groups in total. The fraction of sp³-hybridized carbons (Fsp3) is 0.167. The van der Waals surface area contributed by atoms with Crippen LogP contribution in [0.5, 0.6) is 0 Å². The van der Waals surface area contributed by atoms with E-state index < -0.39 is 17.7 Å². The molecule has 0 unspecified atom stereocenters. The maximum atomic E-state index is 12.3. The summed E-state index contributed by atoms with van der Waals surface area (Å²) in [6.07, 6.45) is -0.00333. The average Bonchev–Trinajstić information content (AvgIpc) is 3.03. The lowest BCUT2D eigenvalue weighted by atomic mass is 10.1. The average molecular weight is 427 g/mol. The van der Waals surface area contributed by atoms with Gasteiger partial charge in [0.15, 0.2) is 0 Å². The number of rotatable bonds is 3. The van der Waals surface area contributed by atoms with Crippen molar-refractivity contribution in [3.05, 3.63) is 63.1 Å². The van der Waals surface area contributed by atoms with Gasteiger partial charge in [-0.15, -0.1) is 0 Å². The molecule has 1 aliphatic heterocycles. The van der Waals surface area contributed by atoms with E-state index in [4.69, 9.17) is 34.8 Å². The minimum atomic E-state index is -0.640. The number of benzene rings is 2. The third-order valence-electron chi connectivity index (χ3n) is 4.11. The number of carbonyl (C=O) groups excluding carboxylic acids is 3. The highest BCUT2D eigenvalue weighted by atomic mass is 35.5. The second-order valence-electron chi connectivity index (χ2n) is 5.92. The Labute approximate surface area is 170 Å². The van der Waals surface area contributed by atoms with Gasteiger partial charge in [0.1, 0.15) is 0 Å². The van der Waals surface area contributed by atoms with Crippen LogP contribution >= 0.6 is 34.8 Å². The van der Waals surface area contributed by atoms with E-state index in [1.165, 1.54) is 11.0 Å². The fourth-order valence-corrected chi connectivity index (χ4v) is 3.35. The number of nitrogens with zero attached hydrogens (tertiary/aromatic N) is 1. The third-order valence-corrected chi connectivity index (χ3v) is 5.00. The van der Waals surface area contributed by atoms with Crippen molar-refractivity contribution >= 4 is 58.2 Å². The van der Waals surface area contributed by atoms with Crippen molar-refractivity contribution in [3.63, 3.8) is 0 Å². The van der Waals surface area contributed by atoms with Gasteiger partial charge < -0.3 is 4.90 Å². The van der Waals surface area contributed by atoms with E-state index in [0.29, 0.717) is 15.7 Å². The van der Waals surface area contributed by atoms with Crippen molar-refractivity contribution in [2.24, 2.45) is 5.92 Å². The minimum Gasteiger partial charge on any atom is -0.310 e. The predicted octanol–water partition coefficient (Wildman–Crippen LogP) is 3.46. The molecule has 3 amide bonds. The van der Waals surface area contributed by atoms with Gasteiger partial charge in [-0.05, 0) is 30.3 Å². The lowest BCUT2D eigenvalue weighted by molar-refractivity contribution is -0.126. The summed E-state index contributed by atoms with van der Waals surface area (Å²) in [6, 6.07) is 11.2. The van der Waals surface area contributed by atoms with Crippen LogP contribution in [0.2, 0.25) is 15.1 Å². The molecule has 2 aromatic carbocycles.